The first-order valence-electron chi connectivity index (χ1n) is 6.96. The average molecular weight is 271 g/mol. The van der Waals surface area contributed by atoms with Gasteiger partial charge in [0.15, 0.2) is 0 Å². The van der Waals surface area contributed by atoms with Gasteiger partial charge in [0.1, 0.15) is 0 Å². The molecule has 2 aliphatic rings. The highest BCUT2D eigenvalue weighted by Gasteiger charge is 2.33. The van der Waals surface area contributed by atoms with Gasteiger partial charge in [-0.2, -0.15) is 0 Å². The third-order valence-electron chi connectivity index (χ3n) is 4.88. The molecule has 0 amide bonds. The molecule has 1 nitrogen and oxygen atoms in total. The van der Waals surface area contributed by atoms with Crippen molar-refractivity contribution in [2.24, 2.45) is 0 Å². The van der Waals surface area contributed by atoms with Gasteiger partial charge in [0.2, 0.25) is 0 Å². The van der Waals surface area contributed by atoms with E-state index in [0.29, 0.717) is 6.04 Å². The van der Waals surface area contributed by atoms with Crippen LogP contribution in [0.15, 0.2) is 46.1 Å². The Kier molecular flexibility index (Phi) is 3.67. The van der Waals surface area contributed by atoms with E-state index in [2.05, 4.69) is 65.1 Å². The molecule has 0 saturated carbocycles. The number of hydrogen-bond donors (Lipinski definition) is 1. The Morgan fingerprint density at radius 2 is 1.74 bits per heavy atom. The van der Waals surface area contributed by atoms with Crippen LogP contribution in [-0.2, 0) is 0 Å². The molecule has 0 radical (unpaired) electrons. The number of rotatable bonds is 2. The Balaban J connectivity index is 2.26. The maximum atomic E-state index is 3.82. The molecule has 0 heterocycles. The molecule has 2 rings (SSSR count). The van der Waals surface area contributed by atoms with E-state index in [1.54, 1.807) is 0 Å². The number of nitrogens with one attached hydrogen (secondary N) is 1. The summed E-state index contributed by atoms with van der Waals surface area (Å²) in [4.78, 5) is 0. The number of allylic oxidation sites excluding steroid dienone is 4. The predicted molar refractivity (Wildman–Crippen MR) is 88.5 cm³/mol. The molecule has 2 heteroatoms. The third kappa shape index (κ3) is 2.39. The standard InChI is InChI=1S/C17H25NSi/c1-10-7-8-15(16(19)13(10)4)18-17(6)9-11(2)12(3)14(17)5/h7-9,15,18H,19H2,1-6H3. The highest BCUT2D eigenvalue weighted by atomic mass is 28.1. The van der Waals surface area contributed by atoms with Gasteiger partial charge in [-0.1, -0.05) is 29.0 Å². The summed E-state index contributed by atoms with van der Waals surface area (Å²) in [6, 6.07) is 0.344. The van der Waals surface area contributed by atoms with Crippen LogP contribution in [0.2, 0.25) is 0 Å². The van der Waals surface area contributed by atoms with Gasteiger partial charge in [0.05, 0.1) is 5.54 Å². The molecule has 19 heavy (non-hydrogen) atoms. The molecular formula is C17H25NSi. The van der Waals surface area contributed by atoms with E-state index < -0.39 is 0 Å². The van der Waals surface area contributed by atoms with Crippen LogP contribution >= 0.6 is 0 Å². The minimum Gasteiger partial charge on any atom is -0.295 e. The fourth-order valence-electron chi connectivity index (χ4n) is 2.91. The third-order valence-corrected chi connectivity index (χ3v) is 5.85. The van der Waals surface area contributed by atoms with Crippen molar-refractivity contribution in [2.45, 2.75) is 53.1 Å². The van der Waals surface area contributed by atoms with E-state index in [1.807, 2.05) is 9.85 Å². The highest BCUT2D eigenvalue weighted by molar-refractivity contribution is 6.46. The zero-order chi connectivity index (χ0) is 14.4. The normalized spacial score (nSPS) is 31.4. The van der Waals surface area contributed by atoms with Gasteiger partial charge in [-0.05, 0) is 73.7 Å². The van der Waals surface area contributed by atoms with Crippen LogP contribution in [0.25, 0.3) is 0 Å². The maximum Gasteiger partial charge on any atom is 0.0566 e. The van der Waals surface area contributed by atoms with Crippen molar-refractivity contribution in [1.29, 1.82) is 0 Å². The number of hydrogen-bond acceptors (Lipinski definition) is 1. The average Bonchev–Trinajstić information content (AvgIpc) is 2.55. The van der Waals surface area contributed by atoms with E-state index in [0.717, 1.165) is 0 Å². The summed E-state index contributed by atoms with van der Waals surface area (Å²) in [7, 11) is 2.01. The minimum absolute atomic E-state index is 0.0135. The van der Waals surface area contributed by atoms with Gasteiger partial charge in [-0.25, -0.2) is 0 Å². The summed E-state index contributed by atoms with van der Waals surface area (Å²) in [5.74, 6) is 0. The zero-order valence-corrected chi connectivity index (χ0v) is 14.4. The van der Waals surface area contributed by atoms with Crippen molar-refractivity contribution >= 4 is 15.0 Å². The Bertz CT molecular complexity index is 560. The summed E-state index contributed by atoms with van der Waals surface area (Å²) in [6.07, 6.45) is 6.90. The van der Waals surface area contributed by atoms with Crippen molar-refractivity contribution < 1.29 is 0 Å². The van der Waals surface area contributed by atoms with Gasteiger partial charge in [-0.15, -0.1) is 0 Å². The van der Waals surface area contributed by atoms with Crippen LogP contribution in [-0.4, -0.2) is 26.6 Å². The van der Waals surface area contributed by atoms with Crippen LogP contribution in [0.1, 0.15) is 41.5 Å². The molecule has 0 fully saturated rings. The van der Waals surface area contributed by atoms with Gasteiger partial charge >= 0.3 is 0 Å². The minimum atomic E-state index is -0.0135. The Hall–Kier alpha value is -0.993. The molecule has 0 aromatic carbocycles. The second-order valence-corrected chi connectivity index (χ2v) is 6.86. The quantitative estimate of drug-likeness (QED) is 0.762. The van der Waals surface area contributed by atoms with Gasteiger partial charge in [0.25, 0.3) is 0 Å². The molecule has 2 unspecified atom stereocenters. The molecule has 0 saturated heterocycles. The monoisotopic (exact) mass is 271 g/mol. The van der Waals surface area contributed by atoms with E-state index in [-0.39, 0.29) is 5.54 Å². The molecule has 0 bridgehead atoms. The van der Waals surface area contributed by atoms with Gasteiger partial charge < -0.3 is 0 Å². The van der Waals surface area contributed by atoms with Crippen LogP contribution in [0, 0.1) is 0 Å². The second kappa shape index (κ2) is 4.84. The molecule has 102 valence electrons. The van der Waals surface area contributed by atoms with Crippen LogP contribution in [0.4, 0.5) is 0 Å². The summed E-state index contributed by atoms with van der Waals surface area (Å²) < 4.78 is 0. The van der Waals surface area contributed by atoms with Crippen molar-refractivity contribution in [3.05, 3.63) is 46.1 Å². The fraction of sp³-hybridized carbons (Fsp3) is 0.471. The van der Waals surface area contributed by atoms with E-state index in [9.17, 15) is 0 Å². The summed E-state index contributed by atoms with van der Waals surface area (Å²) in [6.45, 7) is 13.4. The molecule has 0 aromatic heterocycles. The smallest absolute Gasteiger partial charge is 0.0566 e. The van der Waals surface area contributed by atoms with E-state index in [4.69, 9.17) is 0 Å². The van der Waals surface area contributed by atoms with Crippen molar-refractivity contribution in [1.82, 2.24) is 5.32 Å². The Morgan fingerprint density at radius 1 is 1.11 bits per heavy atom. The first-order chi connectivity index (χ1) is 8.76. The maximum absolute atomic E-state index is 3.82. The van der Waals surface area contributed by atoms with Crippen molar-refractivity contribution in [3.8, 4) is 0 Å². The molecule has 0 aliphatic heterocycles. The van der Waals surface area contributed by atoms with Crippen molar-refractivity contribution in [3.63, 3.8) is 0 Å². The van der Waals surface area contributed by atoms with Gasteiger partial charge in [0, 0.05) is 6.04 Å². The van der Waals surface area contributed by atoms with E-state index in [1.165, 1.54) is 33.0 Å². The van der Waals surface area contributed by atoms with Crippen LogP contribution < -0.4 is 5.32 Å². The Labute approximate surface area is 120 Å². The molecular weight excluding hydrogens is 246 g/mol. The molecule has 1 N–H and O–H groups in total. The molecule has 2 aliphatic carbocycles. The second-order valence-electron chi connectivity index (χ2n) is 6.09. The summed E-state index contributed by atoms with van der Waals surface area (Å²) in [5.41, 5.74) is 7.07. The zero-order valence-electron chi connectivity index (χ0n) is 13.0. The van der Waals surface area contributed by atoms with Gasteiger partial charge in [-0.3, -0.25) is 5.32 Å². The highest BCUT2D eigenvalue weighted by Crippen LogP contribution is 2.34. The lowest BCUT2D eigenvalue weighted by Gasteiger charge is -2.34. The summed E-state index contributed by atoms with van der Waals surface area (Å²) in [5, 5.41) is 5.28. The molecule has 0 aromatic rings. The SMILES string of the molecule is CC1=CC(C)(NC2C=CC(C)=C(C)C2=[SiH2])C(C)=C1C. The molecule has 2 atom stereocenters. The van der Waals surface area contributed by atoms with Crippen molar-refractivity contribution in [2.75, 3.05) is 0 Å². The first-order valence-corrected chi connectivity index (χ1v) is 7.67. The lowest BCUT2D eigenvalue weighted by Crippen LogP contribution is -2.50. The van der Waals surface area contributed by atoms with Crippen LogP contribution in [0.3, 0.4) is 0 Å². The largest absolute Gasteiger partial charge is 0.295 e. The summed E-state index contributed by atoms with van der Waals surface area (Å²) >= 11 is 0. The predicted octanol–water partition coefficient (Wildman–Crippen LogP) is 2.71. The van der Waals surface area contributed by atoms with E-state index >= 15 is 0 Å². The van der Waals surface area contributed by atoms with Crippen LogP contribution in [0.5, 0.6) is 0 Å². The topological polar surface area (TPSA) is 12.0 Å². The lowest BCUT2D eigenvalue weighted by molar-refractivity contribution is 0.506. The molecule has 0 spiro atoms. The fourth-order valence-corrected chi connectivity index (χ4v) is 3.43. The lowest BCUT2D eigenvalue weighted by atomic mass is 9.90. The first kappa shape index (κ1) is 14.4. The Morgan fingerprint density at radius 3 is 2.26 bits per heavy atom.